The van der Waals surface area contributed by atoms with Crippen LogP contribution in [0.5, 0.6) is 0 Å². The van der Waals surface area contributed by atoms with E-state index in [0.29, 0.717) is 38.0 Å². The Labute approximate surface area is 201 Å². The molecule has 2 amide bonds. The predicted molar refractivity (Wildman–Crippen MR) is 126 cm³/mol. The number of halogens is 3. The summed E-state index contributed by atoms with van der Waals surface area (Å²) in [5.41, 5.74) is 0.455. The van der Waals surface area contributed by atoms with E-state index in [0.717, 1.165) is 11.8 Å². The molecule has 10 heteroatoms. The number of carbonyl (C=O) groups excluding carboxylic acids is 2. The molecule has 1 fully saturated rings. The summed E-state index contributed by atoms with van der Waals surface area (Å²) in [5.74, 6) is -2.13. The van der Waals surface area contributed by atoms with Crippen molar-refractivity contribution in [3.05, 3.63) is 58.9 Å². The molecular weight excluding hydrogens is 461 g/mol. The lowest BCUT2D eigenvalue weighted by atomic mass is 9.76. The second kappa shape index (κ2) is 10.2. The summed E-state index contributed by atoms with van der Waals surface area (Å²) in [6.45, 7) is 3.04. The van der Waals surface area contributed by atoms with Gasteiger partial charge in [-0.1, -0.05) is 6.07 Å². The number of hydrogen-bond acceptors (Lipinski definition) is 5. The third kappa shape index (κ3) is 4.80. The number of nitrogens with zero attached hydrogens (tertiary/aromatic N) is 2. The molecule has 0 bridgehead atoms. The number of hydrogen-bond donors (Lipinski definition) is 3. The number of carbonyl (C=O) groups is 2. The van der Waals surface area contributed by atoms with Crippen LogP contribution in [0.2, 0.25) is 0 Å². The minimum atomic E-state index is -0.814. The first kappa shape index (κ1) is 24.8. The van der Waals surface area contributed by atoms with E-state index < -0.39 is 23.0 Å². The predicted octanol–water partition coefficient (Wildman–Crippen LogP) is 3.67. The first-order valence-corrected chi connectivity index (χ1v) is 11.7. The fourth-order valence-corrected chi connectivity index (χ4v) is 5.15. The second-order valence-electron chi connectivity index (χ2n) is 8.92. The van der Waals surface area contributed by atoms with Gasteiger partial charge in [-0.2, -0.15) is 0 Å². The van der Waals surface area contributed by atoms with Crippen molar-refractivity contribution in [2.45, 2.75) is 38.3 Å². The number of likely N-dealkylation sites (tertiary alicyclic amines) is 1. The zero-order chi connectivity index (χ0) is 25.2. The van der Waals surface area contributed by atoms with Crippen molar-refractivity contribution >= 4 is 23.2 Å². The summed E-state index contributed by atoms with van der Waals surface area (Å²) in [5, 5.41) is 14.1. The number of anilines is 2. The van der Waals surface area contributed by atoms with Gasteiger partial charge in [-0.15, -0.1) is 0 Å². The average Bonchev–Trinajstić information content (AvgIpc) is 2.84. The van der Waals surface area contributed by atoms with Crippen molar-refractivity contribution in [2.24, 2.45) is 0 Å². The highest BCUT2D eigenvalue weighted by Gasteiger charge is 2.46. The molecule has 7 nitrogen and oxygen atoms in total. The highest BCUT2D eigenvalue weighted by molar-refractivity contribution is 6.04. The van der Waals surface area contributed by atoms with E-state index in [9.17, 15) is 22.8 Å². The van der Waals surface area contributed by atoms with Crippen molar-refractivity contribution in [2.75, 3.05) is 43.0 Å². The molecule has 0 atom stereocenters. The number of urea groups is 1. The lowest BCUT2D eigenvalue weighted by Gasteiger charge is -2.52. The SMILES string of the molecule is CCN1c2ccc(F)cc2C(=O)CC12CCN(C(=O)NCc1ccc(F)c(NCCO)c1F)CC2. The number of nitrogens with one attached hydrogen (secondary N) is 2. The molecule has 0 radical (unpaired) electrons. The Hall–Kier alpha value is -3.27. The Kier molecular flexibility index (Phi) is 7.20. The highest BCUT2D eigenvalue weighted by Crippen LogP contribution is 2.42. The monoisotopic (exact) mass is 490 g/mol. The summed E-state index contributed by atoms with van der Waals surface area (Å²) in [4.78, 5) is 29.4. The number of aliphatic hydroxyl groups is 1. The largest absolute Gasteiger partial charge is 0.395 e. The van der Waals surface area contributed by atoms with Crippen LogP contribution in [0.3, 0.4) is 0 Å². The smallest absolute Gasteiger partial charge is 0.317 e. The number of aliphatic hydroxyl groups excluding tert-OH is 1. The van der Waals surface area contributed by atoms with Crippen LogP contribution >= 0.6 is 0 Å². The summed E-state index contributed by atoms with van der Waals surface area (Å²) in [6, 6.07) is 6.30. The Balaban J connectivity index is 1.41. The minimum Gasteiger partial charge on any atom is -0.395 e. The fourth-order valence-electron chi connectivity index (χ4n) is 5.15. The maximum atomic E-state index is 14.6. The highest BCUT2D eigenvalue weighted by atomic mass is 19.1. The third-order valence-electron chi connectivity index (χ3n) is 6.92. The number of piperidine rings is 1. The van der Waals surface area contributed by atoms with Gasteiger partial charge < -0.3 is 25.5 Å². The molecule has 0 aliphatic carbocycles. The summed E-state index contributed by atoms with van der Waals surface area (Å²) in [6.07, 6.45) is 1.39. The molecule has 35 heavy (non-hydrogen) atoms. The van der Waals surface area contributed by atoms with Gasteiger partial charge in [-0.25, -0.2) is 18.0 Å². The fraction of sp³-hybridized carbons (Fsp3) is 0.440. The van der Waals surface area contributed by atoms with E-state index in [1.54, 1.807) is 11.0 Å². The topological polar surface area (TPSA) is 84.9 Å². The third-order valence-corrected chi connectivity index (χ3v) is 6.92. The van der Waals surface area contributed by atoms with Gasteiger partial charge in [0.2, 0.25) is 0 Å². The zero-order valence-corrected chi connectivity index (χ0v) is 19.5. The molecule has 1 spiro atoms. The number of ketones is 1. The molecule has 2 aromatic carbocycles. The normalized spacial score (nSPS) is 16.9. The van der Waals surface area contributed by atoms with Crippen molar-refractivity contribution in [3.8, 4) is 0 Å². The molecule has 0 aromatic heterocycles. The lowest BCUT2D eigenvalue weighted by Crippen LogP contribution is -2.60. The van der Waals surface area contributed by atoms with Crippen molar-refractivity contribution in [3.63, 3.8) is 0 Å². The summed E-state index contributed by atoms with van der Waals surface area (Å²) in [7, 11) is 0. The van der Waals surface area contributed by atoms with Crippen molar-refractivity contribution in [1.29, 1.82) is 0 Å². The summed E-state index contributed by atoms with van der Waals surface area (Å²) < 4.78 is 42.2. The van der Waals surface area contributed by atoms with E-state index >= 15 is 0 Å². The van der Waals surface area contributed by atoms with E-state index in [-0.39, 0.29) is 49.2 Å². The quantitative estimate of drug-likeness (QED) is 0.576. The number of Topliss-reactive ketones (excluding diaryl/α,β-unsaturated/α-hetero) is 1. The van der Waals surface area contributed by atoms with Gasteiger partial charge in [0, 0.05) is 56.0 Å². The van der Waals surface area contributed by atoms with Crippen LogP contribution in [0, 0.1) is 17.5 Å². The molecule has 0 unspecified atom stereocenters. The second-order valence-corrected chi connectivity index (χ2v) is 8.92. The molecule has 188 valence electrons. The number of benzene rings is 2. The van der Waals surface area contributed by atoms with E-state index in [1.807, 2.05) is 6.92 Å². The van der Waals surface area contributed by atoms with Crippen LogP contribution in [0.25, 0.3) is 0 Å². The van der Waals surface area contributed by atoms with Gasteiger partial charge in [0.25, 0.3) is 0 Å². The molecule has 2 aromatic rings. The Morgan fingerprint density at radius 2 is 1.89 bits per heavy atom. The number of fused-ring (bicyclic) bond motifs is 1. The van der Waals surface area contributed by atoms with Crippen LogP contribution in [0.15, 0.2) is 30.3 Å². The van der Waals surface area contributed by atoms with Crippen molar-refractivity contribution in [1.82, 2.24) is 10.2 Å². The molecule has 2 aliphatic heterocycles. The van der Waals surface area contributed by atoms with Crippen molar-refractivity contribution < 1.29 is 27.9 Å². The van der Waals surface area contributed by atoms with E-state index in [4.69, 9.17) is 5.11 Å². The zero-order valence-electron chi connectivity index (χ0n) is 19.5. The van der Waals surface area contributed by atoms with Gasteiger partial charge in [0.1, 0.15) is 17.3 Å². The van der Waals surface area contributed by atoms with Gasteiger partial charge >= 0.3 is 6.03 Å². The van der Waals surface area contributed by atoms with Gasteiger partial charge in [0.05, 0.1) is 12.1 Å². The van der Waals surface area contributed by atoms with Crippen LogP contribution < -0.4 is 15.5 Å². The van der Waals surface area contributed by atoms with Gasteiger partial charge in [-0.05, 0) is 44.0 Å². The van der Waals surface area contributed by atoms with Crippen LogP contribution in [-0.4, -0.2) is 60.1 Å². The first-order chi connectivity index (χ1) is 16.8. The summed E-state index contributed by atoms with van der Waals surface area (Å²) >= 11 is 0. The average molecular weight is 491 g/mol. The molecule has 2 aliphatic rings. The molecule has 3 N–H and O–H groups in total. The van der Waals surface area contributed by atoms with Gasteiger partial charge in [-0.3, -0.25) is 4.79 Å². The van der Waals surface area contributed by atoms with Crippen LogP contribution in [-0.2, 0) is 6.54 Å². The Morgan fingerprint density at radius 1 is 1.14 bits per heavy atom. The standard InChI is InChI=1S/C25H29F3N4O3/c1-2-32-20-6-4-17(26)13-18(20)21(34)14-25(32)7-10-31(11-8-25)24(35)30-15-16-3-5-19(27)23(22(16)28)29-9-12-33/h3-6,13,29,33H,2,7-12,14-15H2,1H3,(H,30,35). The molecule has 2 heterocycles. The van der Waals surface area contributed by atoms with E-state index in [1.165, 1.54) is 18.2 Å². The van der Waals surface area contributed by atoms with E-state index in [2.05, 4.69) is 15.5 Å². The maximum Gasteiger partial charge on any atom is 0.317 e. The lowest BCUT2D eigenvalue weighted by molar-refractivity contribution is 0.0885. The number of rotatable bonds is 6. The Bertz CT molecular complexity index is 1120. The molecule has 1 saturated heterocycles. The molecule has 0 saturated carbocycles. The molecule has 4 rings (SSSR count). The Morgan fingerprint density at radius 3 is 2.57 bits per heavy atom. The number of amides is 2. The van der Waals surface area contributed by atoms with Crippen LogP contribution in [0.4, 0.5) is 29.3 Å². The first-order valence-electron chi connectivity index (χ1n) is 11.7. The van der Waals surface area contributed by atoms with Crippen LogP contribution in [0.1, 0.15) is 42.1 Å². The molecular formula is C25H29F3N4O3. The minimum absolute atomic E-state index is 0.00409. The maximum absolute atomic E-state index is 14.6. The van der Waals surface area contributed by atoms with Gasteiger partial charge in [0.15, 0.2) is 11.6 Å².